The monoisotopic (exact) mass is 503 g/mol. The van der Waals surface area contributed by atoms with E-state index in [0.717, 1.165) is 11.3 Å². The first kappa shape index (κ1) is 23.2. The fraction of sp³-hybridized carbons (Fsp3) is 0.182. The van der Waals surface area contributed by atoms with Gasteiger partial charge in [0.2, 0.25) is 5.91 Å². The summed E-state index contributed by atoms with van der Waals surface area (Å²) in [6.45, 7) is 2.13. The largest absolute Gasteiger partial charge is 0.484 e. The van der Waals surface area contributed by atoms with Crippen molar-refractivity contribution >= 4 is 45.7 Å². The molecule has 1 amide bonds. The van der Waals surface area contributed by atoms with Crippen LogP contribution in [0.2, 0.25) is 5.02 Å². The number of thiazole rings is 1. The lowest BCUT2D eigenvalue weighted by Crippen LogP contribution is -2.14. The van der Waals surface area contributed by atoms with Gasteiger partial charge in [0.05, 0.1) is 16.5 Å². The maximum absolute atomic E-state index is 13.2. The molecule has 4 aromatic rings. The van der Waals surface area contributed by atoms with E-state index in [4.69, 9.17) is 16.3 Å². The second-order valence-electron chi connectivity index (χ2n) is 7.06. The number of carbonyl (C=O) groups is 1. The Balaban J connectivity index is 1.30. The Morgan fingerprint density at radius 1 is 1.24 bits per heavy atom. The van der Waals surface area contributed by atoms with Crippen LogP contribution in [0.15, 0.2) is 53.0 Å². The SMILES string of the molecule is Cc1ccc(-c2csc(NC(=O)CSc3nnc(COc4ccc(F)cc4Cl)n3C)n2)cc1. The Hall–Kier alpha value is -2.95. The predicted molar refractivity (Wildman–Crippen MR) is 128 cm³/mol. The van der Waals surface area contributed by atoms with E-state index in [0.29, 0.717) is 21.9 Å². The number of carbonyl (C=O) groups excluding carboxylic acids is 1. The molecule has 2 heterocycles. The molecule has 0 unspecified atom stereocenters. The van der Waals surface area contributed by atoms with Crippen LogP contribution in [0.1, 0.15) is 11.4 Å². The number of aromatic nitrogens is 4. The number of ether oxygens (including phenoxy) is 1. The van der Waals surface area contributed by atoms with Crippen molar-refractivity contribution in [2.75, 3.05) is 11.1 Å². The minimum Gasteiger partial charge on any atom is -0.484 e. The molecule has 170 valence electrons. The normalized spacial score (nSPS) is 10.9. The smallest absolute Gasteiger partial charge is 0.236 e. The first-order valence-corrected chi connectivity index (χ1v) is 12.0. The highest BCUT2D eigenvalue weighted by Crippen LogP contribution is 2.27. The van der Waals surface area contributed by atoms with Crippen LogP contribution in [0.4, 0.5) is 9.52 Å². The van der Waals surface area contributed by atoms with Gasteiger partial charge in [-0.1, -0.05) is 53.2 Å². The molecule has 0 aliphatic carbocycles. The van der Waals surface area contributed by atoms with Crippen LogP contribution in [0.3, 0.4) is 0 Å². The lowest BCUT2D eigenvalue weighted by molar-refractivity contribution is -0.113. The zero-order valence-corrected chi connectivity index (χ0v) is 20.1. The van der Waals surface area contributed by atoms with Gasteiger partial charge in [0.1, 0.15) is 18.2 Å². The first-order chi connectivity index (χ1) is 15.9. The van der Waals surface area contributed by atoms with E-state index >= 15 is 0 Å². The number of thioether (sulfide) groups is 1. The van der Waals surface area contributed by atoms with Crippen molar-refractivity contribution in [1.29, 1.82) is 0 Å². The molecule has 0 bridgehead atoms. The number of amides is 1. The number of benzene rings is 2. The second kappa shape index (κ2) is 10.3. The van der Waals surface area contributed by atoms with Crippen LogP contribution in [0, 0.1) is 12.7 Å². The Kier molecular flexibility index (Phi) is 7.26. The summed E-state index contributed by atoms with van der Waals surface area (Å²) in [6.07, 6.45) is 0. The molecule has 0 saturated heterocycles. The van der Waals surface area contributed by atoms with Crippen molar-refractivity contribution in [3.05, 3.63) is 70.1 Å². The van der Waals surface area contributed by atoms with Crippen molar-refractivity contribution in [3.8, 4) is 17.0 Å². The molecule has 0 aliphatic rings. The van der Waals surface area contributed by atoms with Gasteiger partial charge < -0.3 is 14.6 Å². The van der Waals surface area contributed by atoms with Crippen LogP contribution in [-0.2, 0) is 18.4 Å². The average Bonchev–Trinajstić information content (AvgIpc) is 3.39. The third-order valence-corrected chi connectivity index (χ3v) is 6.68. The molecule has 33 heavy (non-hydrogen) atoms. The number of aryl methyl sites for hydroxylation is 1. The van der Waals surface area contributed by atoms with Crippen molar-refractivity contribution in [3.63, 3.8) is 0 Å². The third-order valence-electron chi connectivity index (χ3n) is 4.61. The third kappa shape index (κ3) is 5.89. The minimum atomic E-state index is -0.438. The fourth-order valence-electron chi connectivity index (χ4n) is 2.80. The maximum Gasteiger partial charge on any atom is 0.236 e. The van der Waals surface area contributed by atoms with E-state index in [1.165, 1.54) is 46.9 Å². The number of halogens is 2. The summed E-state index contributed by atoms with van der Waals surface area (Å²) >= 11 is 8.60. The molecule has 0 atom stereocenters. The molecular weight excluding hydrogens is 485 g/mol. The van der Waals surface area contributed by atoms with Crippen molar-refractivity contribution in [2.24, 2.45) is 7.05 Å². The Labute approximate surface area is 203 Å². The van der Waals surface area contributed by atoms with Crippen molar-refractivity contribution in [2.45, 2.75) is 18.7 Å². The average molecular weight is 504 g/mol. The van der Waals surface area contributed by atoms with E-state index in [-0.39, 0.29) is 23.3 Å². The number of nitrogens with one attached hydrogen (secondary N) is 1. The maximum atomic E-state index is 13.2. The van der Waals surface area contributed by atoms with Gasteiger partial charge in [-0.3, -0.25) is 4.79 Å². The minimum absolute atomic E-state index is 0.0997. The quantitative estimate of drug-likeness (QED) is 0.326. The summed E-state index contributed by atoms with van der Waals surface area (Å²) in [6, 6.07) is 12.0. The molecule has 7 nitrogen and oxygen atoms in total. The highest BCUT2D eigenvalue weighted by Gasteiger charge is 2.14. The summed E-state index contributed by atoms with van der Waals surface area (Å²) in [5.41, 5.74) is 3.00. The molecule has 11 heteroatoms. The van der Waals surface area contributed by atoms with Crippen LogP contribution >= 0.6 is 34.7 Å². The molecule has 0 saturated carbocycles. The van der Waals surface area contributed by atoms with Crippen LogP contribution in [-0.4, -0.2) is 31.4 Å². The van der Waals surface area contributed by atoms with Crippen LogP contribution in [0.25, 0.3) is 11.3 Å². The van der Waals surface area contributed by atoms with Gasteiger partial charge in [-0.05, 0) is 25.1 Å². The summed E-state index contributed by atoms with van der Waals surface area (Å²) < 4.78 is 20.5. The van der Waals surface area contributed by atoms with E-state index < -0.39 is 5.82 Å². The molecule has 0 radical (unpaired) electrons. The van der Waals surface area contributed by atoms with E-state index in [2.05, 4.69) is 20.5 Å². The molecular formula is C22H19ClFN5O2S2. The second-order valence-corrected chi connectivity index (χ2v) is 9.27. The van der Waals surface area contributed by atoms with E-state index in [9.17, 15) is 9.18 Å². The first-order valence-electron chi connectivity index (χ1n) is 9.80. The summed E-state index contributed by atoms with van der Waals surface area (Å²) in [7, 11) is 1.78. The van der Waals surface area contributed by atoms with Gasteiger partial charge in [-0.15, -0.1) is 21.5 Å². The summed E-state index contributed by atoms with van der Waals surface area (Å²) in [5, 5.41) is 14.2. The molecule has 0 aliphatic heterocycles. The molecule has 2 aromatic carbocycles. The number of hydrogen-bond acceptors (Lipinski definition) is 7. The lowest BCUT2D eigenvalue weighted by Gasteiger charge is -2.08. The Bertz CT molecular complexity index is 1280. The summed E-state index contributed by atoms with van der Waals surface area (Å²) in [4.78, 5) is 16.9. The summed E-state index contributed by atoms with van der Waals surface area (Å²) in [5.74, 6) is 0.413. The van der Waals surface area contributed by atoms with Gasteiger partial charge in [0.25, 0.3) is 0 Å². The standard InChI is InChI=1S/C22H19ClFN5O2S2/c1-13-3-5-14(6-4-13)17-11-32-21(25-17)26-20(30)12-33-22-28-27-19(29(22)2)10-31-18-8-7-15(24)9-16(18)23/h3-9,11H,10,12H2,1-2H3,(H,25,26,30). The highest BCUT2D eigenvalue weighted by molar-refractivity contribution is 7.99. The number of rotatable bonds is 8. The number of hydrogen-bond donors (Lipinski definition) is 1. The van der Waals surface area contributed by atoms with Gasteiger partial charge in [-0.25, -0.2) is 9.37 Å². The van der Waals surface area contributed by atoms with Gasteiger partial charge >= 0.3 is 0 Å². The van der Waals surface area contributed by atoms with Crippen LogP contribution in [0.5, 0.6) is 5.75 Å². The zero-order chi connectivity index (χ0) is 23.4. The lowest BCUT2D eigenvalue weighted by atomic mass is 10.1. The zero-order valence-electron chi connectivity index (χ0n) is 17.7. The molecule has 0 spiro atoms. The molecule has 1 N–H and O–H groups in total. The molecule has 4 rings (SSSR count). The van der Waals surface area contributed by atoms with Crippen molar-refractivity contribution < 1.29 is 13.9 Å². The highest BCUT2D eigenvalue weighted by atomic mass is 35.5. The Morgan fingerprint density at radius 2 is 2.03 bits per heavy atom. The van der Waals surface area contributed by atoms with Gasteiger partial charge in [-0.2, -0.15) is 0 Å². The van der Waals surface area contributed by atoms with Gasteiger partial charge in [0, 0.05) is 18.0 Å². The molecule has 0 fully saturated rings. The van der Waals surface area contributed by atoms with E-state index in [1.807, 2.05) is 36.6 Å². The van der Waals surface area contributed by atoms with Crippen molar-refractivity contribution in [1.82, 2.24) is 19.7 Å². The topological polar surface area (TPSA) is 81.9 Å². The van der Waals surface area contributed by atoms with E-state index in [1.54, 1.807) is 11.6 Å². The van der Waals surface area contributed by atoms with Gasteiger partial charge in [0.15, 0.2) is 16.1 Å². The fourth-order valence-corrected chi connectivity index (χ4v) is 4.49. The number of nitrogens with zero attached hydrogens (tertiary/aromatic N) is 4. The van der Waals surface area contributed by atoms with Crippen LogP contribution < -0.4 is 10.1 Å². The predicted octanol–water partition coefficient (Wildman–Crippen LogP) is 5.35. The Morgan fingerprint density at radius 3 is 2.79 bits per heavy atom. The number of anilines is 1. The molecule has 2 aromatic heterocycles.